The van der Waals surface area contributed by atoms with Gasteiger partial charge in [0.2, 0.25) is 5.89 Å². The van der Waals surface area contributed by atoms with Crippen LogP contribution in [0, 0.1) is 12.8 Å². The molecule has 1 aromatic carbocycles. The molecule has 1 saturated heterocycles. The van der Waals surface area contributed by atoms with Gasteiger partial charge in [0, 0.05) is 13.0 Å². The van der Waals surface area contributed by atoms with Gasteiger partial charge >= 0.3 is 0 Å². The zero-order valence-electron chi connectivity index (χ0n) is 14.1. The van der Waals surface area contributed by atoms with E-state index in [4.69, 9.17) is 4.52 Å². The highest BCUT2D eigenvalue weighted by Gasteiger charge is 2.21. The van der Waals surface area contributed by atoms with E-state index in [2.05, 4.69) is 45.9 Å². The van der Waals surface area contributed by atoms with Crippen molar-refractivity contribution in [3.63, 3.8) is 0 Å². The molecule has 0 unspecified atom stereocenters. The number of piperidine rings is 1. The smallest absolute Gasteiger partial charge is 0.226 e. The summed E-state index contributed by atoms with van der Waals surface area (Å²) in [5.74, 6) is 2.18. The minimum Gasteiger partial charge on any atom is -0.339 e. The summed E-state index contributed by atoms with van der Waals surface area (Å²) in [5.41, 5.74) is 3.72. The van der Waals surface area contributed by atoms with Gasteiger partial charge in [-0.1, -0.05) is 41.6 Å². The molecule has 1 aromatic heterocycles. The summed E-state index contributed by atoms with van der Waals surface area (Å²) in [5, 5.41) is 3.87. The van der Waals surface area contributed by atoms with E-state index in [0.717, 1.165) is 43.3 Å². The fourth-order valence-electron chi connectivity index (χ4n) is 3.17. The molecule has 1 aliphatic heterocycles. The van der Waals surface area contributed by atoms with Crippen LogP contribution in [-0.4, -0.2) is 28.1 Å². The van der Waals surface area contributed by atoms with E-state index in [1.165, 1.54) is 24.0 Å². The van der Waals surface area contributed by atoms with Crippen LogP contribution in [0.5, 0.6) is 0 Å². The summed E-state index contributed by atoms with van der Waals surface area (Å²) >= 11 is 0. The third kappa shape index (κ3) is 4.29. The van der Waals surface area contributed by atoms with E-state index >= 15 is 0 Å². The van der Waals surface area contributed by atoms with Gasteiger partial charge < -0.3 is 4.52 Å². The number of nitrogens with zero attached hydrogens (tertiary/aromatic N) is 3. The van der Waals surface area contributed by atoms with Crippen molar-refractivity contribution in [2.45, 2.75) is 39.7 Å². The van der Waals surface area contributed by atoms with Crippen molar-refractivity contribution in [3.05, 3.63) is 53.7 Å². The molecule has 0 bridgehead atoms. The number of likely N-dealkylation sites (tertiary alicyclic amines) is 1. The van der Waals surface area contributed by atoms with Crippen molar-refractivity contribution in [3.8, 4) is 0 Å². The highest BCUT2D eigenvalue weighted by molar-refractivity contribution is 5.61. The molecule has 3 rings (SSSR count). The molecule has 2 heterocycles. The van der Waals surface area contributed by atoms with E-state index in [-0.39, 0.29) is 0 Å². The van der Waals surface area contributed by atoms with Crippen LogP contribution in [0.15, 0.2) is 35.4 Å². The highest BCUT2D eigenvalue weighted by atomic mass is 16.5. The third-order valence-corrected chi connectivity index (χ3v) is 4.59. The molecule has 0 spiro atoms. The van der Waals surface area contributed by atoms with E-state index < -0.39 is 0 Å². The summed E-state index contributed by atoms with van der Waals surface area (Å²) in [6.07, 6.45) is 3.32. The van der Waals surface area contributed by atoms with Gasteiger partial charge in [0.25, 0.3) is 0 Å². The Morgan fingerprint density at radius 3 is 2.52 bits per heavy atom. The van der Waals surface area contributed by atoms with Gasteiger partial charge in [-0.05, 0) is 56.8 Å². The predicted molar refractivity (Wildman–Crippen MR) is 91.9 cm³/mol. The number of aryl methyl sites for hydroxylation is 1. The average molecular weight is 311 g/mol. The molecule has 0 amide bonds. The molecule has 0 saturated carbocycles. The van der Waals surface area contributed by atoms with Crippen LogP contribution in [0.4, 0.5) is 0 Å². The second kappa shape index (κ2) is 7.09. The molecule has 0 radical (unpaired) electrons. The quantitative estimate of drug-likeness (QED) is 0.840. The monoisotopic (exact) mass is 311 g/mol. The molecule has 4 heteroatoms. The Balaban J connectivity index is 1.48. The zero-order chi connectivity index (χ0) is 16.2. The summed E-state index contributed by atoms with van der Waals surface area (Å²) in [4.78, 5) is 6.85. The van der Waals surface area contributed by atoms with Crippen LogP contribution in [0.2, 0.25) is 0 Å². The van der Waals surface area contributed by atoms with Gasteiger partial charge in [-0.3, -0.25) is 4.90 Å². The second-order valence-electron chi connectivity index (χ2n) is 6.64. The van der Waals surface area contributed by atoms with Crippen LogP contribution in [0.1, 0.15) is 42.6 Å². The van der Waals surface area contributed by atoms with Crippen molar-refractivity contribution < 1.29 is 4.52 Å². The molecule has 122 valence electrons. The predicted octanol–water partition coefficient (Wildman–Crippen LogP) is 3.87. The number of hydrogen-bond donors (Lipinski definition) is 0. The van der Waals surface area contributed by atoms with Gasteiger partial charge in [0.15, 0.2) is 5.82 Å². The Kier molecular flexibility index (Phi) is 4.91. The van der Waals surface area contributed by atoms with Gasteiger partial charge in [-0.2, -0.15) is 4.98 Å². The van der Waals surface area contributed by atoms with Gasteiger partial charge in [0.1, 0.15) is 0 Å². The normalized spacial score (nSPS) is 16.6. The Hall–Kier alpha value is -1.94. The van der Waals surface area contributed by atoms with E-state index in [1.54, 1.807) is 0 Å². The first-order valence-corrected chi connectivity index (χ1v) is 8.36. The van der Waals surface area contributed by atoms with Gasteiger partial charge in [-0.15, -0.1) is 0 Å². The van der Waals surface area contributed by atoms with Crippen LogP contribution in [0.25, 0.3) is 5.57 Å². The lowest BCUT2D eigenvalue weighted by Crippen LogP contribution is -2.33. The fourth-order valence-corrected chi connectivity index (χ4v) is 3.17. The van der Waals surface area contributed by atoms with Crippen molar-refractivity contribution in [1.82, 2.24) is 15.0 Å². The molecule has 23 heavy (non-hydrogen) atoms. The van der Waals surface area contributed by atoms with Crippen molar-refractivity contribution in [1.29, 1.82) is 0 Å². The van der Waals surface area contributed by atoms with Crippen molar-refractivity contribution in [2.75, 3.05) is 13.1 Å². The first-order valence-electron chi connectivity index (χ1n) is 8.36. The standard InChI is InChI=1S/C19H25N3O/c1-14(2)18-6-4-17(5-7-18)13-22-10-8-16(9-11-22)12-19-20-15(3)21-23-19/h4-7,16H,1,8-13H2,2-3H3. The summed E-state index contributed by atoms with van der Waals surface area (Å²) < 4.78 is 5.24. The molecule has 0 atom stereocenters. The minimum absolute atomic E-state index is 0.664. The van der Waals surface area contributed by atoms with Gasteiger partial charge in [0.05, 0.1) is 0 Å². The SMILES string of the molecule is C=C(C)c1ccc(CN2CCC(Cc3nc(C)no3)CC2)cc1. The lowest BCUT2D eigenvalue weighted by Gasteiger charge is -2.31. The highest BCUT2D eigenvalue weighted by Crippen LogP contribution is 2.22. The van der Waals surface area contributed by atoms with Crippen LogP contribution < -0.4 is 0 Å². The molecule has 0 N–H and O–H groups in total. The Morgan fingerprint density at radius 1 is 1.26 bits per heavy atom. The van der Waals surface area contributed by atoms with Crippen LogP contribution in [-0.2, 0) is 13.0 Å². The Labute approximate surface area is 138 Å². The maximum atomic E-state index is 5.24. The van der Waals surface area contributed by atoms with E-state index in [0.29, 0.717) is 5.92 Å². The average Bonchev–Trinajstić information content (AvgIpc) is 2.95. The zero-order valence-corrected chi connectivity index (χ0v) is 14.1. The van der Waals surface area contributed by atoms with E-state index in [1.807, 2.05) is 13.8 Å². The minimum atomic E-state index is 0.664. The number of allylic oxidation sites excluding steroid dienone is 1. The first-order chi connectivity index (χ1) is 11.1. The number of hydrogen-bond acceptors (Lipinski definition) is 4. The van der Waals surface area contributed by atoms with Crippen molar-refractivity contribution in [2.24, 2.45) is 5.92 Å². The Bertz CT molecular complexity index is 652. The lowest BCUT2D eigenvalue weighted by molar-refractivity contribution is 0.171. The molecular formula is C19H25N3O. The molecule has 2 aromatic rings. The molecular weight excluding hydrogens is 286 g/mol. The lowest BCUT2D eigenvalue weighted by atomic mass is 9.93. The third-order valence-electron chi connectivity index (χ3n) is 4.59. The van der Waals surface area contributed by atoms with E-state index in [9.17, 15) is 0 Å². The first kappa shape index (κ1) is 15.9. The number of aromatic nitrogens is 2. The fraction of sp³-hybridized carbons (Fsp3) is 0.474. The van der Waals surface area contributed by atoms with Crippen molar-refractivity contribution >= 4 is 5.57 Å². The van der Waals surface area contributed by atoms with Crippen LogP contribution >= 0.6 is 0 Å². The molecule has 0 aliphatic carbocycles. The molecule has 4 nitrogen and oxygen atoms in total. The van der Waals surface area contributed by atoms with Gasteiger partial charge in [-0.25, -0.2) is 0 Å². The summed E-state index contributed by atoms with van der Waals surface area (Å²) in [6, 6.07) is 8.78. The number of rotatable bonds is 5. The maximum absolute atomic E-state index is 5.24. The molecule has 1 aliphatic rings. The number of benzene rings is 1. The largest absolute Gasteiger partial charge is 0.339 e. The van der Waals surface area contributed by atoms with Crippen LogP contribution in [0.3, 0.4) is 0 Å². The maximum Gasteiger partial charge on any atom is 0.226 e. The Morgan fingerprint density at radius 2 is 1.96 bits per heavy atom. The summed E-state index contributed by atoms with van der Waals surface area (Å²) in [7, 11) is 0. The molecule has 1 fully saturated rings. The topological polar surface area (TPSA) is 42.2 Å². The summed E-state index contributed by atoms with van der Waals surface area (Å²) in [6.45, 7) is 11.2. The second-order valence-corrected chi connectivity index (χ2v) is 6.64.